The number of hydrogen-bond donors (Lipinski definition) is 0. The second-order valence-electron chi connectivity index (χ2n) is 10.2. The summed E-state index contributed by atoms with van der Waals surface area (Å²) in [5, 5.41) is 0. The van der Waals surface area contributed by atoms with Crippen LogP contribution in [-0.4, -0.2) is 30.2 Å². The largest absolute Gasteiger partial charge is 0.426 e. The van der Waals surface area contributed by atoms with Gasteiger partial charge in [-0.1, -0.05) is 23.8 Å². The summed E-state index contributed by atoms with van der Waals surface area (Å²) in [7, 11) is 0. The fourth-order valence-electron chi connectivity index (χ4n) is 5.54. The number of aryl methyl sites for hydroxylation is 2. The Morgan fingerprint density at radius 1 is 0.889 bits per heavy atom. The van der Waals surface area contributed by atoms with Crippen molar-refractivity contribution in [3.8, 4) is 5.75 Å². The zero-order chi connectivity index (χ0) is 25.7. The van der Waals surface area contributed by atoms with Crippen LogP contribution in [0.2, 0.25) is 0 Å². The number of ether oxygens (including phenoxy) is 1. The molecule has 0 N–H and O–H groups in total. The molecule has 0 unspecified atom stereocenters. The van der Waals surface area contributed by atoms with Crippen molar-refractivity contribution in [1.29, 1.82) is 0 Å². The van der Waals surface area contributed by atoms with Gasteiger partial charge in [-0.3, -0.25) is 19.2 Å². The Kier molecular flexibility index (Phi) is 6.02. The van der Waals surface area contributed by atoms with Gasteiger partial charge in [-0.05, 0) is 81.5 Å². The molecule has 1 aliphatic carbocycles. The molecule has 0 radical (unpaired) electrons. The van der Waals surface area contributed by atoms with Gasteiger partial charge in [0, 0.05) is 18.7 Å². The molecular formula is C29H30N2O5. The number of imide groups is 1. The quantitative estimate of drug-likeness (QED) is 0.277. The lowest BCUT2D eigenvalue weighted by Gasteiger charge is -2.20. The van der Waals surface area contributed by atoms with Gasteiger partial charge in [0.05, 0.1) is 23.4 Å². The number of hydrogen-bond acceptors (Lipinski definition) is 5. The van der Waals surface area contributed by atoms with E-state index in [0.717, 1.165) is 22.4 Å². The molecule has 7 nitrogen and oxygen atoms in total. The first kappa shape index (κ1) is 24.0. The van der Waals surface area contributed by atoms with Crippen LogP contribution in [0, 0.1) is 38.5 Å². The predicted molar refractivity (Wildman–Crippen MR) is 136 cm³/mol. The van der Waals surface area contributed by atoms with Crippen LogP contribution in [0.25, 0.3) is 0 Å². The molecule has 2 aromatic rings. The molecule has 5 rings (SSSR count). The first-order chi connectivity index (χ1) is 17.2. The van der Waals surface area contributed by atoms with Crippen molar-refractivity contribution in [2.75, 3.05) is 16.3 Å². The van der Waals surface area contributed by atoms with E-state index < -0.39 is 11.9 Å². The predicted octanol–water partition coefficient (Wildman–Crippen LogP) is 4.42. The van der Waals surface area contributed by atoms with Crippen molar-refractivity contribution in [2.24, 2.45) is 17.8 Å². The molecule has 0 spiro atoms. The summed E-state index contributed by atoms with van der Waals surface area (Å²) in [6, 6.07) is 10.7. The standard InChI is InChI=1S/C29H30N2O5/c1-16-8-10-22-23(12-16)28(34)31(27(22)33)24-11-9-21(13-18(24)3)36-29(35)20-14-26(32)30(15-20)25-7-5-6-17(2)19(25)4/h5-9,11,13,20,22-23H,10,12,14-15H2,1-4H3/t20-,22-,23+/m0/s1. The van der Waals surface area contributed by atoms with E-state index in [-0.39, 0.29) is 42.5 Å². The summed E-state index contributed by atoms with van der Waals surface area (Å²) >= 11 is 0. The number of allylic oxidation sites excluding steroid dienone is 2. The van der Waals surface area contributed by atoms with Gasteiger partial charge >= 0.3 is 5.97 Å². The molecule has 3 aliphatic rings. The Bertz CT molecular complexity index is 1330. The Hall–Kier alpha value is -3.74. The van der Waals surface area contributed by atoms with Crippen molar-refractivity contribution >= 4 is 35.1 Å². The average Bonchev–Trinajstić information content (AvgIpc) is 3.33. The molecule has 2 heterocycles. The third-order valence-corrected chi connectivity index (χ3v) is 7.78. The highest BCUT2D eigenvalue weighted by atomic mass is 16.5. The maximum atomic E-state index is 13.1. The molecule has 2 saturated heterocycles. The summed E-state index contributed by atoms with van der Waals surface area (Å²) in [6.45, 7) is 8.01. The van der Waals surface area contributed by atoms with Crippen molar-refractivity contribution in [1.82, 2.24) is 0 Å². The van der Waals surface area contributed by atoms with Gasteiger partial charge in [-0.15, -0.1) is 0 Å². The molecule has 0 bridgehead atoms. The van der Waals surface area contributed by atoms with Gasteiger partial charge < -0.3 is 9.64 Å². The Morgan fingerprint density at radius 2 is 1.64 bits per heavy atom. The number of benzene rings is 2. The first-order valence-corrected chi connectivity index (χ1v) is 12.4. The normalized spacial score (nSPS) is 23.7. The lowest BCUT2D eigenvalue weighted by atomic mass is 9.82. The Labute approximate surface area is 210 Å². The molecule has 2 fully saturated rings. The zero-order valence-electron chi connectivity index (χ0n) is 21.0. The van der Waals surface area contributed by atoms with Crippen LogP contribution in [-0.2, 0) is 19.2 Å². The smallest absolute Gasteiger partial charge is 0.316 e. The minimum atomic E-state index is -0.571. The third-order valence-electron chi connectivity index (χ3n) is 7.78. The monoisotopic (exact) mass is 486 g/mol. The van der Waals surface area contributed by atoms with Gasteiger partial charge in [0.25, 0.3) is 0 Å². The molecule has 2 aromatic carbocycles. The van der Waals surface area contributed by atoms with E-state index >= 15 is 0 Å². The highest BCUT2D eigenvalue weighted by Gasteiger charge is 2.49. The lowest BCUT2D eigenvalue weighted by molar-refractivity contribution is -0.139. The summed E-state index contributed by atoms with van der Waals surface area (Å²) < 4.78 is 5.63. The number of esters is 1. The van der Waals surface area contributed by atoms with E-state index in [1.54, 1.807) is 30.0 Å². The first-order valence-electron chi connectivity index (χ1n) is 12.4. The summed E-state index contributed by atoms with van der Waals surface area (Å²) in [4.78, 5) is 54.6. The van der Waals surface area contributed by atoms with E-state index in [9.17, 15) is 19.2 Å². The number of anilines is 2. The van der Waals surface area contributed by atoms with Crippen LogP contribution < -0.4 is 14.5 Å². The second kappa shape index (κ2) is 9.04. The number of amides is 3. The van der Waals surface area contributed by atoms with Gasteiger partial charge in [-0.25, -0.2) is 4.90 Å². The molecular weight excluding hydrogens is 456 g/mol. The molecule has 2 aliphatic heterocycles. The van der Waals surface area contributed by atoms with Crippen molar-refractivity contribution < 1.29 is 23.9 Å². The van der Waals surface area contributed by atoms with E-state index in [2.05, 4.69) is 0 Å². The van der Waals surface area contributed by atoms with Crippen LogP contribution in [0.3, 0.4) is 0 Å². The van der Waals surface area contributed by atoms with Crippen LogP contribution in [0.1, 0.15) is 42.9 Å². The topological polar surface area (TPSA) is 84.0 Å². The van der Waals surface area contributed by atoms with Gasteiger partial charge in [0.2, 0.25) is 17.7 Å². The number of nitrogens with zero attached hydrogens (tertiary/aromatic N) is 2. The van der Waals surface area contributed by atoms with Gasteiger partial charge in [0.1, 0.15) is 5.75 Å². The minimum Gasteiger partial charge on any atom is -0.426 e. The maximum Gasteiger partial charge on any atom is 0.316 e. The molecule has 36 heavy (non-hydrogen) atoms. The van der Waals surface area contributed by atoms with E-state index in [4.69, 9.17) is 4.74 Å². The summed E-state index contributed by atoms with van der Waals surface area (Å²) in [5.41, 5.74) is 5.25. The SMILES string of the molecule is CC1=CC[C@@H]2C(=O)N(c3ccc(OC(=O)[C@H]4CC(=O)N(c5cccc(C)c5C)C4)cc3C)C(=O)[C@@H]2C1. The van der Waals surface area contributed by atoms with Crippen molar-refractivity contribution in [3.63, 3.8) is 0 Å². The molecule has 3 atom stereocenters. The Balaban J connectivity index is 1.29. The zero-order valence-corrected chi connectivity index (χ0v) is 21.0. The maximum absolute atomic E-state index is 13.1. The number of carbonyl (C=O) groups excluding carboxylic acids is 4. The van der Waals surface area contributed by atoms with Crippen LogP contribution >= 0.6 is 0 Å². The highest BCUT2D eigenvalue weighted by Crippen LogP contribution is 2.41. The summed E-state index contributed by atoms with van der Waals surface area (Å²) in [5.74, 6) is -1.76. The molecule has 186 valence electrons. The van der Waals surface area contributed by atoms with Gasteiger partial charge in [-0.2, -0.15) is 0 Å². The third kappa shape index (κ3) is 4.02. The van der Waals surface area contributed by atoms with Crippen molar-refractivity contribution in [3.05, 3.63) is 64.7 Å². The molecule has 7 heteroatoms. The second-order valence-corrected chi connectivity index (χ2v) is 10.2. The van der Waals surface area contributed by atoms with E-state index in [0.29, 0.717) is 29.8 Å². The number of fused-ring (bicyclic) bond motifs is 1. The van der Waals surface area contributed by atoms with E-state index in [1.807, 2.05) is 45.0 Å². The average molecular weight is 487 g/mol. The fourth-order valence-corrected chi connectivity index (χ4v) is 5.54. The molecule has 0 saturated carbocycles. The van der Waals surface area contributed by atoms with Crippen LogP contribution in [0.15, 0.2) is 48.0 Å². The number of carbonyl (C=O) groups is 4. The lowest BCUT2D eigenvalue weighted by Crippen LogP contribution is -2.31. The van der Waals surface area contributed by atoms with Gasteiger partial charge in [0.15, 0.2) is 0 Å². The molecule has 0 aromatic heterocycles. The highest BCUT2D eigenvalue weighted by molar-refractivity contribution is 6.22. The molecule has 3 amide bonds. The van der Waals surface area contributed by atoms with Crippen LogP contribution in [0.5, 0.6) is 5.75 Å². The van der Waals surface area contributed by atoms with E-state index in [1.165, 1.54) is 4.90 Å². The fraction of sp³-hybridized carbons (Fsp3) is 0.379. The minimum absolute atomic E-state index is 0.0935. The number of rotatable bonds is 4. The summed E-state index contributed by atoms with van der Waals surface area (Å²) in [6.07, 6.45) is 3.34. The van der Waals surface area contributed by atoms with Crippen molar-refractivity contribution in [2.45, 2.75) is 47.0 Å². The van der Waals surface area contributed by atoms with Crippen LogP contribution in [0.4, 0.5) is 11.4 Å². The Morgan fingerprint density at radius 3 is 2.39 bits per heavy atom.